The molecule has 8 nitrogen and oxygen atoms in total. The van der Waals surface area contributed by atoms with Crippen LogP contribution in [-0.2, 0) is 14.3 Å². The first kappa shape index (κ1) is 19.8. The number of nitrogens with one attached hydrogen (secondary N) is 1. The van der Waals surface area contributed by atoms with Gasteiger partial charge in [0.2, 0.25) is 0 Å². The highest BCUT2D eigenvalue weighted by Crippen LogP contribution is 2.35. The molecular formula is C22H22N2O6. The van der Waals surface area contributed by atoms with Gasteiger partial charge < -0.3 is 24.3 Å². The van der Waals surface area contributed by atoms with Gasteiger partial charge in [0.05, 0.1) is 25.8 Å². The molecule has 0 unspecified atom stereocenters. The standard InChI is InChI=1S/C22H22N2O6/c1-27-10-9-24-21(25)19(14-3-6-16(28-2)7-4-14)20(22(24)26)23-15-5-8-17-18(13-15)30-12-11-29-17/h3-8,13,23H,9-12H2,1-2H3. The molecule has 0 fully saturated rings. The first-order valence-corrected chi connectivity index (χ1v) is 9.53. The normalized spacial score (nSPS) is 15.6. The van der Waals surface area contributed by atoms with Gasteiger partial charge in [0.25, 0.3) is 11.8 Å². The summed E-state index contributed by atoms with van der Waals surface area (Å²) in [6.45, 7) is 1.37. The zero-order valence-electron chi connectivity index (χ0n) is 16.8. The molecule has 2 heterocycles. The molecule has 0 radical (unpaired) electrons. The molecule has 2 aromatic rings. The number of methoxy groups -OCH3 is 2. The van der Waals surface area contributed by atoms with Crippen LogP contribution in [0.25, 0.3) is 5.57 Å². The Hall–Kier alpha value is -3.52. The Morgan fingerprint density at radius 1 is 0.967 bits per heavy atom. The lowest BCUT2D eigenvalue weighted by atomic mass is 10.0. The lowest BCUT2D eigenvalue weighted by Gasteiger charge is -2.19. The maximum Gasteiger partial charge on any atom is 0.278 e. The predicted octanol–water partition coefficient (Wildman–Crippen LogP) is 2.30. The van der Waals surface area contributed by atoms with Gasteiger partial charge in [0.15, 0.2) is 11.5 Å². The highest BCUT2D eigenvalue weighted by Gasteiger charge is 2.39. The van der Waals surface area contributed by atoms with Gasteiger partial charge >= 0.3 is 0 Å². The molecule has 0 aliphatic carbocycles. The molecule has 8 heteroatoms. The number of benzene rings is 2. The van der Waals surface area contributed by atoms with Gasteiger partial charge in [-0.05, 0) is 29.8 Å². The van der Waals surface area contributed by atoms with Crippen molar-refractivity contribution in [3.8, 4) is 17.2 Å². The molecule has 0 bridgehead atoms. The number of ether oxygens (including phenoxy) is 4. The summed E-state index contributed by atoms with van der Waals surface area (Å²) in [7, 11) is 3.09. The summed E-state index contributed by atoms with van der Waals surface area (Å²) in [5.41, 5.74) is 1.75. The second kappa shape index (κ2) is 8.46. The Morgan fingerprint density at radius 3 is 2.40 bits per heavy atom. The summed E-state index contributed by atoms with van der Waals surface area (Å²) >= 11 is 0. The molecular weight excluding hydrogens is 388 g/mol. The van der Waals surface area contributed by atoms with Gasteiger partial charge in [-0.2, -0.15) is 0 Å². The number of fused-ring (bicyclic) bond motifs is 1. The van der Waals surface area contributed by atoms with E-state index in [-0.39, 0.29) is 24.8 Å². The quantitative estimate of drug-likeness (QED) is 0.701. The van der Waals surface area contributed by atoms with E-state index in [1.54, 1.807) is 49.6 Å². The summed E-state index contributed by atoms with van der Waals surface area (Å²) < 4.78 is 21.4. The Bertz CT molecular complexity index is 999. The van der Waals surface area contributed by atoms with Crippen LogP contribution in [-0.4, -0.2) is 57.3 Å². The number of amides is 2. The molecule has 4 rings (SSSR count). The van der Waals surface area contributed by atoms with E-state index in [1.165, 1.54) is 12.0 Å². The van der Waals surface area contributed by atoms with Crippen LogP contribution in [0.1, 0.15) is 5.56 Å². The van der Waals surface area contributed by atoms with Crippen LogP contribution in [0.15, 0.2) is 48.2 Å². The maximum absolute atomic E-state index is 13.1. The zero-order valence-corrected chi connectivity index (χ0v) is 16.8. The van der Waals surface area contributed by atoms with Crippen LogP contribution in [0.4, 0.5) is 5.69 Å². The summed E-state index contributed by atoms with van der Waals surface area (Å²) in [6, 6.07) is 12.3. The minimum Gasteiger partial charge on any atom is -0.497 e. The van der Waals surface area contributed by atoms with E-state index in [1.807, 2.05) is 0 Å². The molecule has 1 N–H and O–H groups in total. The third-order valence-electron chi connectivity index (χ3n) is 4.88. The van der Waals surface area contributed by atoms with E-state index >= 15 is 0 Å². The average Bonchev–Trinajstić information content (AvgIpc) is 3.01. The van der Waals surface area contributed by atoms with E-state index < -0.39 is 5.91 Å². The van der Waals surface area contributed by atoms with Gasteiger partial charge in [-0.1, -0.05) is 12.1 Å². The van der Waals surface area contributed by atoms with E-state index in [4.69, 9.17) is 18.9 Å². The van der Waals surface area contributed by atoms with Gasteiger partial charge in [-0.3, -0.25) is 14.5 Å². The Balaban J connectivity index is 1.71. The maximum atomic E-state index is 13.1. The fraction of sp³-hybridized carbons (Fsp3) is 0.273. The van der Waals surface area contributed by atoms with Crippen molar-refractivity contribution < 1.29 is 28.5 Å². The second-order valence-electron chi connectivity index (χ2n) is 6.72. The molecule has 30 heavy (non-hydrogen) atoms. The van der Waals surface area contributed by atoms with Crippen LogP contribution >= 0.6 is 0 Å². The van der Waals surface area contributed by atoms with Crippen molar-refractivity contribution in [2.45, 2.75) is 0 Å². The molecule has 0 spiro atoms. The molecule has 2 aliphatic heterocycles. The fourth-order valence-electron chi connectivity index (χ4n) is 3.37. The number of hydrogen-bond acceptors (Lipinski definition) is 7. The Kier molecular flexibility index (Phi) is 5.58. The largest absolute Gasteiger partial charge is 0.497 e. The smallest absolute Gasteiger partial charge is 0.278 e. The van der Waals surface area contributed by atoms with Crippen molar-refractivity contribution in [1.29, 1.82) is 0 Å². The Labute approximate surface area is 174 Å². The number of carbonyl (C=O) groups excluding carboxylic acids is 2. The topological polar surface area (TPSA) is 86.3 Å². The average molecular weight is 410 g/mol. The van der Waals surface area contributed by atoms with Crippen molar-refractivity contribution in [3.63, 3.8) is 0 Å². The molecule has 0 saturated heterocycles. The number of imide groups is 1. The van der Waals surface area contributed by atoms with Crippen LogP contribution < -0.4 is 19.5 Å². The van der Waals surface area contributed by atoms with E-state index in [0.717, 1.165) is 0 Å². The van der Waals surface area contributed by atoms with E-state index in [9.17, 15) is 9.59 Å². The first-order chi connectivity index (χ1) is 14.6. The third kappa shape index (κ3) is 3.69. The third-order valence-corrected chi connectivity index (χ3v) is 4.88. The SMILES string of the molecule is COCCN1C(=O)C(Nc2ccc3c(c2)OCCO3)=C(c2ccc(OC)cc2)C1=O. The number of rotatable bonds is 7. The first-order valence-electron chi connectivity index (χ1n) is 9.53. The van der Waals surface area contributed by atoms with Crippen LogP contribution in [0.2, 0.25) is 0 Å². The van der Waals surface area contributed by atoms with Crippen LogP contribution in [0.5, 0.6) is 17.2 Å². The van der Waals surface area contributed by atoms with Crippen LogP contribution in [0, 0.1) is 0 Å². The molecule has 2 aromatic carbocycles. The number of hydrogen-bond donors (Lipinski definition) is 1. The molecule has 0 atom stereocenters. The molecule has 0 aromatic heterocycles. The highest BCUT2D eigenvalue weighted by molar-refractivity contribution is 6.36. The lowest BCUT2D eigenvalue weighted by molar-refractivity contribution is -0.137. The predicted molar refractivity (Wildman–Crippen MR) is 110 cm³/mol. The monoisotopic (exact) mass is 410 g/mol. The minimum absolute atomic E-state index is 0.167. The Morgan fingerprint density at radius 2 is 1.70 bits per heavy atom. The summed E-state index contributed by atoms with van der Waals surface area (Å²) in [5, 5.41) is 3.11. The van der Waals surface area contributed by atoms with Gasteiger partial charge in [0, 0.05) is 18.9 Å². The fourth-order valence-corrected chi connectivity index (χ4v) is 3.37. The number of nitrogens with zero attached hydrogens (tertiary/aromatic N) is 1. The molecule has 2 amide bonds. The van der Waals surface area contributed by atoms with Gasteiger partial charge in [-0.15, -0.1) is 0 Å². The minimum atomic E-state index is -0.405. The number of anilines is 1. The van der Waals surface area contributed by atoms with E-state index in [2.05, 4.69) is 5.32 Å². The molecule has 2 aliphatic rings. The summed E-state index contributed by atoms with van der Waals surface area (Å²) in [5.74, 6) is 1.12. The van der Waals surface area contributed by atoms with Gasteiger partial charge in [0.1, 0.15) is 24.7 Å². The van der Waals surface area contributed by atoms with Gasteiger partial charge in [-0.25, -0.2) is 0 Å². The summed E-state index contributed by atoms with van der Waals surface area (Å²) in [6.07, 6.45) is 0. The second-order valence-corrected chi connectivity index (χ2v) is 6.72. The lowest BCUT2D eigenvalue weighted by Crippen LogP contribution is -2.35. The van der Waals surface area contributed by atoms with Crippen molar-refractivity contribution in [3.05, 3.63) is 53.7 Å². The van der Waals surface area contributed by atoms with Crippen molar-refractivity contribution >= 4 is 23.1 Å². The van der Waals surface area contributed by atoms with Crippen molar-refractivity contribution in [2.24, 2.45) is 0 Å². The number of carbonyl (C=O) groups is 2. The van der Waals surface area contributed by atoms with E-state index in [0.29, 0.717) is 47.3 Å². The zero-order chi connectivity index (χ0) is 21.1. The summed E-state index contributed by atoms with van der Waals surface area (Å²) in [4.78, 5) is 27.3. The van der Waals surface area contributed by atoms with Crippen molar-refractivity contribution in [1.82, 2.24) is 4.90 Å². The molecule has 156 valence electrons. The van der Waals surface area contributed by atoms with Crippen molar-refractivity contribution in [2.75, 3.05) is 45.9 Å². The highest BCUT2D eigenvalue weighted by atomic mass is 16.6. The van der Waals surface area contributed by atoms with Crippen LogP contribution in [0.3, 0.4) is 0 Å². The molecule has 0 saturated carbocycles.